The predicted molar refractivity (Wildman–Crippen MR) is 73.2 cm³/mol. The summed E-state index contributed by atoms with van der Waals surface area (Å²) in [4.78, 5) is 23.2. The topological polar surface area (TPSA) is 76.3 Å². The average Bonchev–Trinajstić information content (AvgIpc) is 2.65. The Bertz CT molecular complexity index is 657. The van der Waals surface area contributed by atoms with Gasteiger partial charge in [0.25, 0.3) is 0 Å². The molecule has 0 saturated carbocycles. The number of aromatic nitrogens is 1. The number of anilines is 1. The quantitative estimate of drug-likeness (QED) is 0.860. The van der Waals surface area contributed by atoms with Crippen molar-refractivity contribution >= 4 is 22.7 Å². The van der Waals surface area contributed by atoms with E-state index in [2.05, 4.69) is 10.6 Å². The third-order valence-corrected chi connectivity index (χ3v) is 3.02. The number of amides is 1. The molecule has 1 atom stereocenters. The fourth-order valence-electron chi connectivity index (χ4n) is 1.88. The second-order valence-electron chi connectivity index (χ2n) is 4.56. The number of rotatable bonds is 4. The SMILES string of the molecule is CNCC(C)C(=O)Nc1ccc2c(c1)oc(=O)n2C. The lowest BCUT2D eigenvalue weighted by molar-refractivity contribution is -0.119. The molecule has 0 aliphatic carbocycles. The number of hydrogen-bond donors (Lipinski definition) is 2. The first kappa shape index (κ1) is 13.4. The first-order valence-electron chi connectivity index (χ1n) is 6.08. The van der Waals surface area contributed by atoms with Crippen LogP contribution in [0.5, 0.6) is 0 Å². The highest BCUT2D eigenvalue weighted by Gasteiger charge is 2.13. The average molecular weight is 263 g/mol. The summed E-state index contributed by atoms with van der Waals surface area (Å²) in [6.07, 6.45) is 0. The Labute approximate surface area is 110 Å². The molecule has 2 aromatic rings. The number of oxazole rings is 1. The maximum atomic E-state index is 11.9. The van der Waals surface area contributed by atoms with Crippen molar-refractivity contribution in [2.75, 3.05) is 18.9 Å². The number of nitrogens with one attached hydrogen (secondary N) is 2. The monoisotopic (exact) mass is 263 g/mol. The highest BCUT2D eigenvalue weighted by atomic mass is 16.4. The molecular formula is C13H17N3O3. The van der Waals surface area contributed by atoms with Gasteiger partial charge in [-0.1, -0.05) is 6.92 Å². The third-order valence-electron chi connectivity index (χ3n) is 3.02. The van der Waals surface area contributed by atoms with E-state index in [-0.39, 0.29) is 11.8 Å². The van der Waals surface area contributed by atoms with Crippen LogP contribution in [0.4, 0.5) is 5.69 Å². The van der Waals surface area contributed by atoms with E-state index >= 15 is 0 Å². The van der Waals surface area contributed by atoms with Crippen LogP contribution in [-0.4, -0.2) is 24.1 Å². The number of hydrogen-bond acceptors (Lipinski definition) is 4. The van der Waals surface area contributed by atoms with E-state index in [1.165, 1.54) is 4.57 Å². The van der Waals surface area contributed by atoms with Crippen LogP contribution < -0.4 is 16.4 Å². The van der Waals surface area contributed by atoms with Crippen molar-refractivity contribution in [1.82, 2.24) is 9.88 Å². The molecule has 2 N–H and O–H groups in total. The minimum absolute atomic E-state index is 0.0769. The van der Waals surface area contributed by atoms with Gasteiger partial charge in [0.2, 0.25) is 5.91 Å². The molecule has 1 unspecified atom stereocenters. The van der Waals surface area contributed by atoms with Crippen molar-refractivity contribution in [3.05, 3.63) is 28.7 Å². The normalized spacial score (nSPS) is 12.6. The molecule has 19 heavy (non-hydrogen) atoms. The fourth-order valence-corrected chi connectivity index (χ4v) is 1.88. The maximum absolute atomic E-state index is 11.9. The Balaban J connectivity index is 2.22. The summed E-state index contributed by atoms with van der Waals surface area (Å²) in [5, 5.41) is 5.75. The third kappa shape index (κ3) is 2.68. The smallest absolute Gasteiger partial charge is 0.408 e. The predicted octanol–water partition coefficient (Wildman–Crippen LogP) is 0.925. The van der Waals surface area contributed by atoms with Crippen molar-refractivity contribution in [2.24, 2.45) is 13.0 Å². The second-order valence-corrected chi connectivity index (χ2v) is 4.56. The molecule has 0 aliphatic heterocycles. The Morgan fingerprint density at radius 2 is 2.21 bits per heavy atom. The Hall–Kier alpha value is -2.08. The summed E-state index contributed by atoms with van der Waals surface area (Å²) in [5.41, 5.74) is 1.78. The molecule has 2 rings (SSSR count). The fraction of sp³-hybridized carbons (Fsp3) is 0.385. The van der Waals surface area contributed by atoms with Crippen molar-refractivity contribution in [3.8, 4) is 0 Å². The van der Waals surface area contributed by atoms with Gasteiger partial charge in [-0.05, 0) is 19.2 Å². The zero-order valence-corrected chi connectivity index (χ0v) is 11.2. The van der Waals surface area contributed by atoms with Gasteiger partial charge in [0, 0.05) is 31.3 Å². The van der Waals surface area contributed by atoms with Gasteiger partial charge in [-0.15, -0.1) is 0 Å². The highest BCUT2D eigenvalue weighted by molar-refractivity contribution is 5.94. The van der Waals surface area contributed by atoms with Crippen molar-refractivity contribution < 1.29 is 9.21 Å². The molecule has 6 heteroatoms. The van der Waals surface area contributed by atoms with Gasteiger partial charge in [-0.3, -0.25) is 9.36 Å². The van der Waals surface area contributed by atoms with Crippen LogP contribution in [0.15, 0.2) is 27.4 Å². The van der Waals surface area contributed by atoms with Gasteiger partial charge in [-0.2, -0.15) is 0 Å². The summed E-state index contributed by atoms with van der Waals surface area (Å²) >= 11 is 0. The van der Waals surface area contributed by atoms with Crippen LogP contribution >= 0.6 is 0 Å². The highest BCUT2D eigenvalue weighted by Crippen LogP contribution is 2.18. The summed E-state index contributed by atoms with van der Waals surface area (Å²) in [5.74, 6) is -0.627. The minimum Gasteiger partial charge on any atom is -0.408 e. The van der Waals surface area contributed by atoms with Crippen LogP contribution in [-0.2, 0) is 11.8 Å². The van der Waals surface area contributed by atoms with E-state index in [1.54, 1.807) is 32.3 Å². The van der Waals surface area contributed by atoms with Gasteiger partial charge in [0.1, 0.15) is 0 Å². The summed E-state index contributed by atoms with van der Waals surface area (Å²) in [6.45, 7) is 2.45. The van der Waals surface area contributed by atoms with Crippen molar-refractivity contribution in [3.63, 3.8) is 0 Å². The molecule has 0 fully saturated rings. The standard InChI is InChI=1S/C13H17N3O3/c1-8(7-14-2)12(17)15-9-4-5-10-11(6-9)19-13(18)16(10)3/h4-6,8,14H,7H2,1-3H3,(H,15,17). The Kier molecular flexibility index (Phi) is 3.71. The molecule has 0 aliphatic rings. The van der Waals surface area contributed by atoms with Gasteiger partial charge in [-0.25, -0.2) is 4.79 Å². The van der Waals surface area contributed by atoms with E-state index in [0.29, 0.717) is 23.3 Å². The molecule has 1 aromatic carbocycles. The summed E-state index contributed by atoms with van der Waals surface area (Å²) in [7, 11) is 3.44. The maximum Gasteiger partial charge on any atom is 0.419 e. The zero-order valence-electron chi connectivity index (χ0n) is 11.2. The van der Waals surface area contributed by atoms with Gasteiger partial charge < -0.3 is 15.1 Å². The Morgan fingerprint density at radius 3 is 2.89 bits per heavy atom. The van der Waals surface area contributed by atoms with Crippen molar-refractivity contribution in [1.29, 1.82) is 0 Å². The van der Waals surface area contributed by atoms with Crippen LogP contribution in [0.3, 0.4) is 0 Å². The zero-order chi connectivity index (χ0) is 14.0. The van der Waals surface area contributed by atoms with Crippen LogP contribution in [0.1, 0.15) is 6.92 Å². The van der Waals surface area contributed by atoms with Crippen LogP contribution in [0, 0.1) is 5.92 Å². The lowest BCUT2D eigenvalue weighted by atomic mass is 10.1. The summed E-state index contributed by atoms with van der Waals surface area (Å²) in [6, 6.07) is 5.15. The molecule has 102 valence electrons. The number of aryl methyl sites for hydroxylation is 1. The molecule has 1 heterocycles. The number of benzene rings is 1. The van der Waals surface area contributed by atoms with Gasteiger partial charge in [0.15, 0.2) is 5.58 Å². The number of fused-ring (bicyclic) bond motifs is 1. The van der Waals surface area contributed by atoms with Crippen molar-refractivity contribution in [2.45, 2.75) is 6.92 Å². The first-order valence-corrected chi connectivity index (χ1v) is 6.08. The van der Waals surface area contributed by atoms with Gasteiger partial charge >= 0.3 is 5.76 Å². The molecule has 0 saturated heterocycles. The molecular weight excluding hydrogens is 246 g/mol. The lowest BCUT2D eigenvalue weighted by Crippen LogP contribution is -2.28. The van der Waals surface area contributed by atoms with E-state index in [9.17, 15) is 9.59 Å². The summed E-state index contributed by atoms with van der Waals surface area (Å²) < 4.78 is 6.49. The molecule has 1 amide bonds. The van der Waals surface area contributed by atoms with E-state index in [0.717, 1.165) is 0 Å². The number of nitrogens with zero attached hydrogens (tertiary/aromatic N) is 1. The molecule has 0 radical (unpaired) electrons. The van der Waals surface area contributed by atoms with E-state index in [4.69, 9.17) is 4.42 Å². The minimum atomic E-state index is -0.415. The molecule has 6 nitrogen and oxygen atoms in total. The van der Waals surface area contributed by atoms with E-state index in [1.807, 2.05) is 6.92 Å². The van der Waals surface area contributed by atoms with E-state index < -0.39 is 5.76 Å². The first-order chi connectivity index (χ1) is 9.02. The van der Waals surface area contributed by atoms with Crippen LogP contribution in [0.2, 0.25) is 0 Å². The van der Waals surface area contributed by atoms with Crippen LogP contribution in [0.25, 0.3) is 11.1 Å². The molecule has 0 spiro atoms. The molecule has 0 bridgehead atoms. The second kappa shape index (κ2) is 5.27. The largest absolute Gasteiger partial charge is 0.419 e. The number of carbonyl (C=O) groups is 1. The van der Waals surface area contributed by atoms with Gasteiger partial charge in [0.05, 0.1) is 5.52 Å². The number of carbonyl (C=O) groups excluding carboxylic acids is 1. The Morgan fingerprint density at radius 1 is 1.47 bits per heavy atom. The lowest BCUT2D eigenvalue weighted by Gasteiger charge is -2.11. The molecule has 1 aromatic heterocycles.